The number of nitrogens with zero attached hydrogens (tertiary/aromatic N) is 2. The van der Waals surface area contributed by atoms with E-state index in [9.17, 15) is 0 Å². The summed E-state index contributed by atoms with van der Waals surface area (Å²) >= 11 is 0. The van der Waals surface area contributed by atoms with Crippen molar-refractivity contribution in [3.8, 4) is 11.1 Å². The zero-order valence-electron chi connectivity index (χ0n) is 36.9. The molecule has 0 atom stereocenters. The van der Waals surface area contributed by atoms with Crippen molar-refractivity contribution >= 4 is 57.2 Å². The van der Waals surface area contributed by atoms with Gasteiger partial charge in [0.15, 0.2) is 0 Å². The molecule has 0 amide bonds. The molecule has 2 aliphatic heterocycles. The molecule has 6 aromatic rings. The molecule has 3 heteroatoms. The molecule has 0 radical (unpaired) electrons. The number of hydrogen-bond donors (Lipinski definition) is 0. The minimum atomic E-state index is -0.0107. The quantitative estimate of drug-likeness (QED) is 0.166. The lowest BCUT2D eigenvalue weighted by atomic mass is 9.33. The molecule has 0 N–H and O–H groups in total. The summed E-state index contributed by atoms with van der Waals surface area (Å²) in [4.78, 5) is 5.15. The van der Waals surface area contributed by atoms with E-state index >= 15 is 0 Å². The van der Waals surface area contributed by atoms with E-state index < -0.39 is 0 Å². The molecular formula is C54H61BN2. The maximum atomic E-state index is 2.60. The third kappa shape index (κ3) is 6.81. The van der Waals surface area contributed by atoms with Gasteiger partial charge >= 0.3 is 0 Å². The Morgan fingerprint density at radius 2 is 0.789 bits per heavy atom. The summed E-state index contributed by atoms with van der Waals surface area (Å²) in [6.45, 7) is 32.4. The summed E-state index contributed by atoms with van der Waals surface area (Å²) in [6.07, 6.45) is 0. The maximum absolute atomic E-state index is 2.60. The Hall–Kier alpha value is -5.02. The van der Waals surface area contributed by atoms with Gasteiger partial charge in [0.1, 0.15) is 0 Å². The van der Waals surface area contributed by atoms with Crippen LogP contribution < -0.4 is 26.2 Å². The van der Waals surface area contributed by atoms with E-state index in [0.29, 0.717) is 0 Å². The number of benzene rings is 6. The lowest BCUT2D eigenvalue weighted by molar-refractivity contribution is 0.590. The molecular weight excluding hydrogens is 687 g/mol. The normalized spacial score (nSPS) is 14.0. The molecule has 2 heterocycles. The van der Waals surface area contributed by atoms with Crippen molar-refractivity contribution in [2.75, 3.05) is 9.80 Å². The molecule has 2 aliphatic rings. The molecule has 0 aromatic heterocycles. The van der Waals surface area contributed by atoms with Crippen LogP contribution in [0.3, 0.4) is 0 Å². The molecule has 0 fully saturated rings. The Balaban J connectivity index is 1.49. The van der Waals surface area contributed by atoms with Gasteiger partial charge in [-0.25, -0.2) is 0 Å². The Morgan fingerprint density at radius 1 is 0.368 bits per heavy atom. The van der Waals surface area contributed by atoms with E-state index in [1.54, 1.807) is 0 Å². The van der Waals surface area contributed by atoms with Gasteiger partial charge in [-0.05, 0) is 134 Å². The highest BCUT2D eigenvalue weighted by Crippen LogP contribution is 2.48. The first-order valence-corrected chi connectivity index (χ1v) is 21.0. The zero-order valence-corrected chi connectivity index (χ0v) is 36.9. The standard InChI is InChI=1S/C54H61BN2/c1-34-15-17-36(18-16-34)42-31-38(52(6,7)8)21-26-45(42)57-47-28-23-40(54(12,13)14)33-44(47)55-43-32-39(53(9,10)11)22-27-46(43)56(48-29-35(2)30-49(57)50(48)55)41-24-19-37(20-25-41)51(3,4)5/h15-33H,1-14H3. The maximum Gasteiger partial charge on any atom is 0.252 e. The van der Waals surface area contributed by atoms with Gasteiger partial charge in [0, 0.05) is 34.0 Å². The van der Waals surface area contributed by atoms with Crippen molar-refractivity contribution in [2.24, 2.45) is 0 Å². The fraction of sp³-hybridized carbons (Fsp3) is 0.333. The Kier molecular flexibility index (Phi) is 9.04. The van der Waals surface area contributed by atoms with Crippen molar-refractivity contribution in [2.45, 2.75) is 119 Å². The highest BCUT2D eigenvalue weighted by Gasteiger charge is 2.44. The van der Waals surface area contributed by atoms with Crippen LogP contribution in [0.15, 0.2) is 115 Å². The topological polar surface area (TPSA) is 6.48 Å². The molecule has 0 aliphatic carbocycles. The van der Waals surface area contributed by atoms with Gasteiger partial charge in [-0.2, -0.15) is 0 Å². The minimum absolute atomic E-state index is 0.000863. The van der Waals surface area contributed by atoms with Crippen molar-refractivity contribution in [3.63, 3.8) is 0 Å². The summed E-state index contributed by atoms with van der Waals surface area (Å²) < 4.78 is 0. The van der Waals surface area contributed by atoms with E-state index in [-0.39, 0.29) is 28.4 Å². The minimum Gasteiger partial charge on any atom is -0.311 e. The van der Waals surface area contributed by atoms with E-state index in [1.165, 1.54) is 95.0 Å². The molecule has 0 saturated carbocycles. The summed E-state index contributed by atoms with van der Waals surface area (Å²) in [6, 6.07) is 45.1. The van der Waals surface area contributed by atoms with E-state index in [1.807, 2.05) is 0 Å². The van der Waals surface area contributed by atoms with Gasteiger partial charge in [-0.15, -0.1) is 0 Å². The van der Waals surface area contributed by atoms with E-state index in [0.717, 1.165) is 0 Å². The second kappa shape index (κ2) is 13.3. The number of rotatable bonds is 3. The second-order valence-electron chi connectivity index (χ2n) is 21.0. The van der Waals surface area contributed by atoms with Gasteiger partial charge in [0.2, 0.25) is 0 Å². The van der Waals surface area contributed by atoms with Crippen LogP contribution >= 0.6 is 0 Å². The molecule has 2 nitrogen and oxygen atoms in total. The van der Waals surface area contributed by atoms with E-state index in [2.05, 4.69) is 222 Å². The lowest BCUT2D eigenvalue weighted by Gasteiger charge is -2.45. The smallest absolute Gasteiger partial charge is 0.252 e. The molecule has 6 aromatic carbocycles. The zero-order chi connectivity index (χ0) is 41.0. The third-order valence-corrected chi connectivity index (χ3v) is 12.4. The molecule has 8 rings (SSSR count). The summed E-state index contributed by atoms with van der Waals surface area (Å²) in [5, 5.41) is 0. The molecule has 0 unspecified atom stereocenters. The number of fused-ring (bicyclic) bond motifs is 4. The Morgan fingerprint density at radius 3 is 1.28 bits per heavy atom. The van der Waals surface area contributed by atoms with Crippen LogP contribution in [0.25, 0.3) is 11.1 Å². The first-order chi connectivity index (χ1) is 26.6. The van der Waals surface area contributed by atoms with E-state index in [4.69, 9.17) is 0 Å². The Bertz CT molecular complexity index is 2510. The highest BCUT2D eigenvalue weighted by molar-refractivity contribution is 7.00. The van der Waals surface area contributed by atoms with Crippen LogP contribution in [0.5, 0.6) is 0 Å². The summed E-state index contributed by atoms with van der Waals surface area (Å²) in [5.74, 6) is 0. The van der Waals surface area contributed by atoms with Crippen LogP contribution in [-0.4, -0.2) is 6.71 Å². The second-order valence-corrected chi connectivity index (χ2v) is 21.0. The van der Waals surface area contributed by atoms with Crippen molar-refractivity contribution < 1.29 is 0 Å². The third-order valence-electron chi connectivity index (χ3n) is 12.4. The average Bonchev–Trinajstić information content (AvgIpc) is 3.13. The highest BCUT2D eigenvalue weighted by atomic mass is 15.2. The summed E-state index contributed by atoms with van der Waals surface area (Å²) in [5.41, 5.74) is 22.0. The van der Waals surface area contributed by atoms with Crippen molar-refractivity contribution in [1.29, 1.82) is 0 Å². The predicted molar refractivity (Wildman–Crippen MR) is 250 cm³/mol. The van der Waals surface area contributed by atoms with Gasteiger partial charge < -0.3 is 9.80 Å². The molecule has 0 saturated heterocycles. The van der Waals surface area contributed by atoms with Crippen LogP contribution in [0.4, 0.5) is 34.1 Å². The first-order valence-electron chi connectivity index (χ1n) is 21.0. The molecule has 290 valence electrons. The molecule has 0 spiro atoms. The first kappa shape index (κ1) is 38.8. The van der Waals surface area contributed by atoms with Gasteiger partial charge in [-0.3, -0.25) is 0 Å². The van der Waals surface area contributed by atoms with Crippen LogP contribution in [0.2, 0.25) is 0 Å². The van der Waals surface area contributed by atoms with Gasteiger partial charge in [0.25, 0.3) is 6.71 Å². The largest absolute Gasteiger partial charge is 0.311 e. The van der Waals surface area contributed by atoms with Crippen LogP contribution in [0, 0.1) is 13.8 Å². The lowest BCUT2D eigenvalue weighted by Crippen LogP contribution is -2.61. The fourth-order valence-corrected chi connectivity index (χ4v) is 8.89. The average molecular weight is 749 g/mol. The predicted octanol–water partition coefficient (Wildman–Crippen LogP) is 13.2. The molecule has 57 heavy (non-hydrogen) atoms. The van der Waals surface area contributed by atoms with Gasteiger partial charge in [0.05, 0.1) is 5.69 Å². The number of aryl methyl sites for hydroxylation is 2. The SMILES string of the molecule is Cc1ccc(-c2cc(C(C)(C)C)ccc2N2c3ccc(C(C)(C)C)cc3B3c4cc(C(C)(C)C)ccc4N(c4ccc(C(C)(C)C)cc4)c4cc(C)cc2c43)cc1. The van der Waals surface area contributed by atoms with Crippen molar-refractivity contribution in [3.05, 3.63) is 149 Å². The van der Waals surface area contributed by atoms with Crippen LogP contribution in [-0.2, 0) is 21.7 Å². The Labute approximate surface area is 344 Å². The fourth-order valence-electron chi connectivity index (χ4n) is 8.89. The monoisotopic (exact) mass is 748 g/mol. The summed E-state index contributed by atoms with van der Waals surface area (Å²) in [7, 11) is 0. The van der Waals surface area contributed by atoms with Crippen molar-refractivity contribution in [1.82, 2.24) is 0 Å². The van der Waals surface area contributed by atoms with Gasteiger partial charge in [-0.1, -0.05) is 155 Å². The number of anilines is 6. The molecule has 0 bridgehead atoms. The van der Waals surface area contributed by atoms with Crippen LogP contribution in [0.1, 0.15) is 116 Å². The number of hydrogen-bond acceptors (Lipinski definition) is 2.